The average molecular weight is 489 g/mol. The van der Waals surface area contributed by atoms with Crippen LogP contribution in [-0.2, 0) is 11.2 Å². The molecule has 2 N–H and O–H groups in total. The number of benzene rings is 1. The van der Waals surface area contributed by atoms with Gasteiger partial charge in [-0.15, -0.1) is 11.3 Å². The van der Waals surface area contributed by atoms with E-state index in [1.165, 1.54) is 15.9 Å². The van der Waals surface area contributed by atoms with Gasteiger partial charge < -0.3 is 10.1 Å². The number of aryl methyl sites for hydroxylation is 2. The van der Waals surface area contributed by atoms with Gasteiger partial charge in [-0.05, 0) is 37.0 Å². The summed E-state index contributed by atoms with van der Waals surface area (Å²) in [6.07, 6.45) is 0.807. The van der Waals surface area contributed by atoms with E-state index < -0.39 is 11.9 Å². The fourth-order valence-electron chi connectivity index (χ4n) is 3.26. The first-order valence-corrected chi connectivity index (χ1v) is 12.4. The number of fused-ring (bicyclic) bond motifs is 1. The topological polar surface area (TPSA) is 102 Å². The van der Waals surface area contributed by atoms with Crippen molar-refractivity contribution < 1.29 is 14.3 Å². The number of carbonyl (C=O) groups excluding carboxylic acids is 2. The van der Waals surface area contributed by atoms with E-state index in [-0.39, 0.29) is 17.2 Å². The summed E-state index contributed by atoms with van der Waals surface area (Å²) in [7, 11) is 1.56. The lowest BCUT2D eigenvalue weighted by molar-refractivity contribution is -0.117. The van der Waals surface area contributed by atoms with Gasteiger partial charge in [-0.3, -0.25) is 19.5 Å². The van der Waals surface area contributed by atoms with Gasteiger partial charge in [0.1, 0.15) is 10.6 Å². The molecule has 2 aromatic heterocycles. The van der Waals surface area contributed by atoms with E-state index in [0.29, 0.717) is 33.4 Å². The van der Waals surface area contributed by atoms with Crippen molar-refractivity contribution in [2.24, 2.45) is 5.92 Å². The number of amides is 3. The highest BCUT2D eigenvalue weighted by molar-refractivity contribution is 7.99. The van der Waals surface area contributed by atoms with Gasteiger partial charge in [0.2, 0.25) is 5.91 Å². The Morgan fingerprint density at radius 1 is 1.30 bits per heavy atom. The largest absolute Gasteiger partial charge is 0.497 e. The molecule has 0 atom stereocenters. The molecule has 33 heavy (non-hydrogen) atoms. The number of hydrogen-bond acceptors (Lipinski definition) is 7. The molecule has 2 heterocycles. The normalized spacial score (nSPS) is 11.1. The number of imide groups is 1. The quantitative estimate of drug-likeness (QED) is 0.368. The Morgan fingerprint density at radius 2 is 2.06 bits per heavy atom. The first kappa shape index (κ1) is 24.8. The number of rotatable bonds is 8. The monoisotopic (exact) mass is 488 g/mol. The van der Waals surface area contributed by atoms with Crippen molar-refractivity contribution in [3.05, 3.63) is 45.1 Å². The van der Waals surface area contributed by atoms with Crippen LogP contribution in [0.25, 0.3) is 15.9 Å². The van der Waals surface area contributed by atoms with Crippen LogP contribution < -0.4 is 20.9 Å². The summed E-state index contributed by atoms with van der Waals surface area (Å²) >= 11 is 2.60. The van der Waals surface area contributed by atoms with Crippen molar-refractivity contribution in [1.29, 1.82) is 0 Å². The van der Waals surface area contributed by atoms with Crippen molar-refractivity contribution in [1.82, 2.24) is 20.2 Å². The maximum atomic E-state index is 13.6. The lowest BCUT2D eigenvalue weighted by Crippen LogP contribution is -2.41. The van der Waals surface area contributed by atoms with E-state index in [4.69, 9.17) is 9.72 Å². The maximum absolute atomic E-state index is 13.6. The average Bonchev–Trinajstić information content (AvgIpc) is 3.11. The maximum Gasteiger partial charge on any atom is 0.321 e. The number of ether oxygens (including phenoxy) is 1. The second kappa shape index (κ2) is 10.8. The van der Waals surface area contributed by atoms with Crippen LogP contribution in [0, 0.1) is 12.8 Å². The summed E-state index contributed by atoms with van der Waals surface area (Å²) in [5, 5.41) is 5.92. The zero-order valence-corrected chi connectivity index (χ0v) is 21.0. The second-order valence-corrected chi connectivity index (χ2v) is 9.89. The van der Waals surface area contributed by atoms with Gasteiger partial charge in [0.25, 0.3) is 5.56 Å². The molecule has 0 bridgehead atoms. The Morgan fingerprint density at radius 3 is 2.73 bits per heavy atom. The molecule has 0 fully saturated rings. The third-order valence-corrected chi connectivity index (χ3v) is 7.19. The number of thioether (sulfide) groups is 1. The minimum atomic E-state index is -0.538. The molecule has 3 aromatic rings. The van der Waals surface area contributed by atoms with Crippen LogP contribution in [0.2, 0.25) is 0 Å². The Balaban J connectivity index is 1.96. The molecule has 10 heteroatoms. The number of urea groups is 1. The fourth-order valence-corrected chi connectivity index (χ4v) is 5.23. The first-order chi connectivity index (χ1) is 15.7. The zero-order chi connectivity index (χ0) is 24.1. The molecule has 8 nitrogen and oxygen atoms in total. The summed E-state index contributed by atoms with van der Waals surface area (Å²) in [6.45, 7) is 8.38. The van der Waals surface area contributed by atoms with Crippen molar-refractivity contribution in [3.63, 3.8) is 0 Å². The third-order valence-electron chi connectivity index (χ3n) is 4.92. The number of carbonyl (C=O) groups is 2. The molecule has 0 radical (unpaired) electrons. The molecule has 0 saturated heterocycles. The van der Waals surface area contributed by atoms with Gasteiger partial charge in [-0.2, -0.15) is 0 Å². The van der Waals surface area contributed by atoms with Crippen molar-refractivity contribution in [2.45, 2.75) is 39.3 Å². The molecule has 0 saturated carbocycles. The second-order valence-electron chi connectivity index (χ2n) is 7.86. The van der Waals surface area contributed by atoms with E-state index in [9.17, 15) is 14.4 Å². The standard InChI is InChI=1S/C23H28N4O4S2/c1-6-17-14(4)19-20(33-17)26-23(32-12-18(28)25-22(30)24-11-13(2)3)27(21(19)29)15-8-7-9-16(10-15)31-5/h7-10,13H,6,11-12H2,1-5H3,(H2,24,25,28,30). The van der Waals surface area contributed by atoms with Gasteiger partial charge in [0.15, 0.2) is 5.16 Å². The molecular formula is C23H28N4O4S2. The van der Waals surface area contributed by atoms with Crippen LogP contribution in [0.5, 0.6) is 5.75 Å². The van der Waals surface area contributed by atoms with Gasteiger partial charge in [0.05, 0.1) is 23.9 Å². The Kier molecular flexibility index (Phi) is 8.15. The van der Waals surface area contributed by atoms with E-state index in [1.54, 1.807) is 31.4 Å². The van der Waals surface area contributed by atoms with Crippen LogP contribution in [0.1, 0.15) is 31.2 Å². The van der Waals surface area contributed by atoms with Gasteiger partial charge >= 0.3 is 6.03 Å². The van der Waals surface area contributed by atoms with Gasteiger partial charge in [-0.1, -0.05) is 38.6 Å². The SMILES string of the molecule is CCc1sc2nc(SCC(=O)NC(=O)NCC(C)C)n(-c3cccc(OC)c3)c(=O)c2c1C. The summed E-state index contributed by atoms with van der Waals surface area (Å²) in [5.41, 5.74) is 1.33. The Hall–Kier alpha value is -2.85. The molecule has 3 amide bonds. The molecule has 176 valence electrons. The van der Waals surface area contributed by atoms with Crippen molar-refractivity contribution in [3.8, 4) is 11.4 Å². The van der Waals surface area contributed by atoms with E-state index >= 15 is 0 Å². The van der Waals surface area contributed by atoms with E-state index in [0.717, 1.165) is 28.6 Å². The number of aromatic nitrogens is 2. The smallest absolute Gasteiger partial charge is 0.321 e. The lowest BCUT2D eigenvalue weighted by atomic mass is 10.2. The number of nitrogens with one attached hydrogen (secondary N) is 2. The number of nitrogens with zero attached hydrogens (tertiary/aromatic N) is 2. The van der Waals surface area contributed by atoms with Crippen LogP contribution >= 0.6 is 23.1 Å². The number of methoxy groups -OCH3 is 1. The van der Waals surface area contributed by atoms with Crippen LogP contribution in [0.15, 0.2) is 34.2 Å². The predicted molar refractivity (Wildman–Crippen MR) is 133 cm³/mol. The highest BCUT2D eigenvalue weighted by atomic mass is 32.2. The fraction of sp³-hybridized carbons (Fsp3) is 0.391. The molecule has 0 aliphatic heterocycles. The zero-order valence-electron chi connectivity index (χ0n) is 19.4. The minimum absolute atomic E-state index is 0.0675. The van der Waals surface area contributed by atoms with E-state index in [2.05, 4.69) is 10.6 Å². The number of hydrogen-bond donors (Lipinski definition) is 2. The lowest BCUT2D eigenvalue weighted by Gasteiger charge is -2.13. The minimum Gasteiger partial charge on any atom is -0.497 e. The molecule has 0 spiro atoms. The summed E-state index contributed by atoms with van der Waals surface area (Å²) < 4.78 is 6.82. The molecular weight excluding hydrogens is 460 g/mol. The van der Waals surface area contributed by atoms with E-state index in [1.807, 2.05) is 27.7 Å². The van der Waals surface area contributed by atoms with Crippen molar-refractivity contribution in [2.75, 3.05) is 19.4 Å². The molecule has 1 aromatic carbocycles. The molecule has 0 aliphatic rings. The number of thiophene rings is 1. The highest BCUT2D eigenvalue weighted by Crippen LogP contribution is 2.31. The van der Waals surface area contributed by atoms with Crippen LogP contribution in [0.4, 0.5) is 4.79 Å². The molecule has 0 unspecified atom stereocenters. The molecule has 3 rings (SSSR count). The van der Waals surface area contributed by atoms with Crippen molar-refractivity contribution >= 4 is 45.3 Å². The first-order valence-electron chi connectivity index (χ1n) is 10.6. The highest BCUT2D eigenvalue weighted by Gasteiger charge is 2.20. The Bertz CT molecular complexity index is 1230. The van der Waals surface area contributed by atoms with Gasteiger partial charge in [0, 0.05) is 17.5 Å². The predicted octanol–water partition coefficient (Wildman–Crippen LogP) is 3.90. The Labute approximate surface area is 200 Å². The summed E-state index contributed by atoms with van der Waals surface area (Å²) in [6, 6.07) is 6.60. The summed E-state index contributed by atoms with van der Waals surface area (Å²) in [5.74, 6) is 0.341. The van der Waals surface area contributed by atoms with Crippen LogP contribution in [-0.4, -0.2) is 40.9 Å². The summed E-state index contributed by atoms with van der Waals surface area (Å²) in [4.78, 5) is 44.3. The molecule has 0 aliphatic carbocycles. The van der Waals surface area contributed by atoms with Gasteiger partial charge in [-0.25, -0.2) is 9.78 Å². The van der Waals surface area contributed by atoms with Crippen LogP contribution in [0.3, 0.4) is 0 Å². The third kappa shape index (κ3) is 5.75.